The molecule has 4 nitrogen and oxygen atoms in total. The fourth-order valence-corrected chi connectivity index (χ4v) is 3.04. The lowest BCUT2D eigenvalue weighted by Gasteiger charge is -2.19. The largest absolute Gasteiger partial charge is 0.453 e. The van der Waals surface area contributed by atoms with Crippen molar-refractivity contribution in [3.8, 4) is 0 Å². The number of carbonyl (C=O) groups excluding carboxylic acids is 2. The Hall–Kier alpha value is -3.47. The molecule has 0 aliphatic heterocycles. The van der Waals surface area contributed by atoms with E-state index < -0.39 is 23.8 Å². The molecular formula is C24H22FNO3. The van der Waals surface area contributed by atoms with Gasteiger partial charge in [0.2, 0.25) is 0 Å². The van der Waals surface area contributed by atoms with E-state index in [0.29, 0.717) is 5.69 Å². The van der Waals surface area contributed by atoms with Crippen LogP contribution in [-0.4, -0.2) is 18.0 Å². The Morgan fingerprint density at radius 2 is 1.38 bits per heavy atom. The van der Waals surface area contributed by atoms with Crippen LogP contribution in [0.1, 0.15) is 30.4 Å². The van der Waals surface area contributed by atoms with Gasteiger partial charge in [0.25, 0.3) is 5.91 Å². The van der Waals surface area contributed by atoms with Crippen LogP contribution in [0, 0.1) is 5.82 Å². The molecule has 1 N–H and O–H groups in total. The number of amides is 1. The van der Waals surface area contributed by atoms with E-state index in [1.165, 1.54) is 31.2 Å². The molecule has 0 aliphatic rings. The molecule has 1 amide bonds. The van der Waals surface area contributed by atoms with E-state index in [9.17, 15) is 14.0 Å². The second kappa shape index (κ2) is 9.64. The summed E-state index contributed by atoms with van der Waals surface area (Å²) in [6.07, 6.45) is -0.859. The first-order valence-corrected chi connectivity index (χ1v) is 9.38. The van der Waals surface area contributed by atoms with Gasteiger partial charge in [-0.2, -0.15) is 0 Å². The first-order valence-electron chi connectivity index (χ1n) is 9.38. The van der Waals surface area contributed by atoms with Crippen molar-refractivity contribution in [2.45, 2.75) is 25.4 Å². The van der Waals surface area contributed by atoms with E-state index >= 15 is 0 Å². The highest BCUT2D eigenvalue weighted by molar-refractivity contribution is 5.95. The van der Waals surface area contributed by atoms with Gasteiger partial charge in [0.1, 0.15) is 5.82 Å². The summed E-state index contributed by atoms with van der Waals surface area (Å²) in [7, 11) is 0. The fraction of sp³-hybridized carbons (Fsp3) is 0.167. The Morgan fingerprint density at radius 3 is 1.90 bits per heavy atom. The number of ether oxygens (including phenoxy) is 1. The summed E-state index contributed by atoms with van der Waals surface area (Å²) in [4.78, 5) is 24.8. The van der Waals surface area contributed by atoms with Gasteiger partial charge in [0, 0.05) is 11.6 Å². The summed E-state index contributed by atoms with van der Waals surface area (Å²) in [6, 6.07) is 24.8. The molecule has 0 radical (unpaired) electrons. The van der Waals surface area contributed by atoms with Crippen LogP contribution in [0.3, 0.4) is 0 Å². The maximum Gasteiger partial charge on any atom is 0.307 e. The second-order valence-electron chi connectivity index (χ2n) is 6.71. The van der Waals surface area contributed by atoms with Gasteiger partial charge in [-0.15, -0.1) is 0 Å². The van der Waals surface area contributed by atoms with Crippen LogP contribution in [-0.2, 0) is 14.3 Å². The first-order chi connectivity index (χ1) is 14.0. The molecule has 0 aromatic heterocycles. The Labute approximate surface area is 169 Å². The van der Waals surface area contributed by atoms with Crippen molar-refractivity contribution >= 4 is 17.6 Å². The van der Waals surface area contributed by atoms with E-state index in [1.54, 1.807) is 0 Å². The molecule has 0 saturated carbocycles. The smallest absolute Gasteiger partial charge is 0.307 e. The molecule has 0 bridgehead atoms. The van der Waals surface area contributed by atoms with Gasteiger partial charge in [0.15, 0.2) is 6.10 Å². The van der Waals surface area contributed by atoms with E-state index in [-0.39, 0.29) is 12.3 Å². The topological polar surface area (TPSA) is 55.4 Å². The molecule has 0 saturated heterocycles. The van der Waals surface area contributed by atoms with Gasteiger partial charge in [-0.3, -0.25) is 9.59 Å². The van der Waals surface area contributed by atoms with E-state index in [0.717, 1.165) is 11.1 Å². The standard InChI is InChI=1S/C24H22FNO3/c1-17(24(28)26-21-14-12-20(25)13-15-21)29-23(27)16-22(18-8-4-2-5-9-18)19-10-6-3-7-11-19/h2-15,17,22H,16H2,1H3,(H,26,28)/t17-/m1/s1. The van der Waals surface area contributed by atoms with Crippen LogP contribution in [0.15, 0.2) is 84.9 Å². The van der Waals surface area contributed by atoms with Crippen molar-refractivity contribution in [1.82, 2.24) is 0 Å². The van der Waals surface area contributed by atoms with Crippen LogP contribution in [0.25, 0.3) is 0 Å². The lowest BCUT2D eigenvalue weighted by molar-refractivity contribution is -0.153. The van der Waals surface area contributed by atoms with Crippen molar-refractivity contribution in [3.63, 3.8) is 0 Å². The molecule has 5 heteroatoms. The highest BCUT2D eigenvalue weighted by Gasteiger charge is 2.23. The zero-order valence-electron chi connectivity index (χ0n) is 16.0. The molecule has 1 atom stereocenters. The minimum Gasteiger partial charge on any atom is -0.453 e. The Balaban J connectivity index is 1.65. The van der Waals surface area contributed by atoms with Gasteiger partial charge in [-0.1, -0.05) is 60.7 Å². The summed E-state index contributed by atoms with van der Waals surface area (Å²) >= 11 is 0. The molecule has 3 aromatic rings. The summed E-state index contributed by atoms with van der Waals surface area (Å²) in [5, 5.41) is 2.61. The minimum atomic E-state index is -0.972. The zero-order chi connectivity index (χ0) is 20.6. The molecule has 29 heavy (non-hydrogen) atoms. The van der Waals surface area contributed by atoms with Crippen molar-refractivity contribution in [2.24, 2.45) is 0 Å². The summed E-state index contributed by atoms with van der Waals surface area (Å²) in [6.45, 7) is 1.51. The number of halogens is 1. The average Bonchev–Trinajstić information content (AvgIpc) is 2.75. The quantitative estimate of drug-likeness (QED) is 0.582. The predicted molar refractivity (Wildman–Crippen MR) is 110 cm³/mol. The highest BCUT2D eigenvalue weighted by atomic mass is 19.1. The van der Waals surface area contributed by atoms with E-state index in [2.05, 4.69) is 5.32 Å². The zero-order valence-corrected chi connectivity index (χ0v) is 16.0. The normalized spacial score (nSPS) is 11.7. The van der Waals surface area contributed by atoms with Crippen LogP contribution < -0.4 is 5.32 Å². The Kier molecular flexibility index (Phi) is 6.74. The molecule has 0 aliphatic carbocycles. The number of hydrogen-bond donors (Lipinski definition) is 1. The van der Waals surface area contributed by atoms with Gasteiger partial charge in [-0.05, 0) is 42.3 Å². The number of nitrogens with one attached hydrogen (secondary N) is 1. The number of anilines is 1. The first kappa shape index (κ1) is 20.3. The third-order valence-corrected chi connectivity index (χ3v) is 4.56. The molecule has 0 fully saturated rings. The third-order valence-electron chi connectivity index (χ3n) is 4.56. The number of carbonyl (C=O) groups is 2. The number of benzene rings is 3. The lowest BCUT2D eigenvalue weighted by atomic mass is 9.88. The molecule has 3 aromatic carbocycles. The summed E-state index contributed by atoms with van der Waals surface area (Å²) in [5.41, 5.74) is 2.43. The van der Waals surface area contributed by atoms with E-state index in [1.807, 2.05) is 60.7 Å². The predicted octanol–water partition coefficient (Wildman–Crippen LogP) is 4.92. The third kappa shape index (κ3) is 5.75. The second-order valence-corrected chi connectivity index (χ2v) is 6.71. The van der Waals surface area contributed by atoms with Crippen LogP contribution in [0.4, 0.5) is 10.1 Å². The van der Waals surface area contributed by atoms with Crippen LogP contribution in [0.2, 0.25) is 0 Å². The monoisotopic (exact) mass is 391 g/mol. The SMILES string of the molecule is C[C@@H](OC(=O)CC(c1ccccc1)c1ccccc1)C(=O)Nc1ccc(F)cc1. The average molecular weight is 391 g/mol. The Morgan fingerprint density at radius 1 is 0.862 bits per heavy atom. The minimum absolute atomic E-state index is 0.113. The Bertz CT molecular complexity index is 903. The molecule has 3 rings (SSSR count). The van der Waals surface area contributed by atoms with Gasteiger partial charge in [-0.25, -0.2) is 4.39 Å². The summed E-state index contributed by atoms with van der Waals surface area (Å²) < 4.78 is 18.3. The van der Waals surface area contributed by atoms with Gasteiger partial charge >= 0.3 is 5.97 Å². The highest BCUT2D eigenvalue weighted by Crippen LogP contribution is 2.28. The lowest BCUT2D eigenvalue weighted by Crippen LogP contribution is -2.30. The molecule has 0 unspecified atom stereocenters. The van der Waals surface area contributed by atoms with Crippen molar-refractivity contribution < 1.29 is 18.7 Å². The molecule has 0 spiro atoms. The maximum absolute atomic E-state index is 13.0. The van der Waals surface area contributed by atoms with Crippen LogP contribution in [0.5, 0.6) is 0 Å². The van der Waals surface area contributed by atoms with Crippen molar-refractivity contribution in [3.05, 3.63) is 102 Å². The van der Waals surface area contributed by atoms with Gasteiger partial charge < -0.3 is 10.1 Å². The molecule has 0 heterocycles. The van der Waals surface area contributed by atoms with Crippen molar-refractivity contribution in [1.29, 1.82) is 0 Å². The number of esters is 1. The summed E-state index contributed by atoms with van der Waals surface area (Å²) in [5.74, 6) is -1.50. The van der Waals surface area contributed by atoms with Crippen LogP contribution >= 0.6 is 0 Å². The van der Waals surface area contributed by atoms with Gasteiger partial charge in [0.05, 0.1) is 6.42 Å². The fourth-order valence-electron chi connectivity index (χ4n) is 3.04. The molecule has 148 valence electrons. The number of hydrogen-bond acceptors (Lipinski definition) is 3. The number of rotatable bonds is 7. The van der Waals surface area contributed by atoms with E-state index in [4.69, 9.17) is 4.74 Å². The maximum atomic E-state index is 13.0. The van der Waals surface area contributed by atoms with Crippen molar-refractivity contribution in [2.75, 3.05) is 5.32 Å². The molecular weight excluding hydrogens is 369 g/mol.